The molecule has 0 aliphatic carbocycles. The Morgan fingerprint density at radius 1 is 1.16 bits per heavy atom. The van der Waals surface area contributed by atoms with Crippen LogP contribution in [0.4, 0.5) is 13.2 Å². The monoisotopic (exact) mass is 403 g/mol. The number of alkyl halides is 3. The molecule has 0 fully saturated rings. The molecule has 0 saturated carbocycles. The molecular weight excluding hydrogens is 389 g/mol. The molecule has 13 heteroatoms. The molecule has 0 amide bonds. The summed E-state index contributed by atoms with van der Waals surface area (Å²) in [7, 11) is -9.29. The Labute approximate surface area is 138 Å². The van der Waals surface area contributed by atoms with Crippen LogP contribution in [0.15, 0.2) is 18.3 Å². The Bertz CT molecular complexity index is 861. The number of H-pyrrole nitrogens is 1. The molecule has 8 nitrogen and oxygen atoms in total. The Morgan fingerprint density at radius 2 is 1.72 bits per heavy atom. The van der Waals surface area contributed by atoms with Crippen LogP contribution in [-0.2, 0) is 21.7 Å². The smallest absolute Gasteiger partial charge is 0.420 e. The zero-order chi connectivity index (χ0) is 19.2. The van der Waals surface area contributed by atoms with Gasteiger partial charge in [0.2, 0.25) is 0 Å². The average Bonchev–Trinajstić information content (AvgIpc) is 2.82. The summed E-state index contributed by atoms with van der Waals surface area (Å²) >= 11 is 0. The van der Waals surface area contributed by atoms with E-state index in [9.17, 15) is 41.9 Å². The molecule has 1 heterocycles. The topological polar surface area (TPSA) is 140 Å². The van der Waals surface area contributed by atoms with Crippen LogP contribution in [-0.4, -0.2) is 37.1 Å². The molecule has 1 aromatic carbocycles. The summed E-state index contributed by atoms with van der Waals surface area (Å²) in [6.07, 6.45) is -4.28. The van der Waals surface area contributed by atoms with E-state index < -0.39 is 44.5 Å². The quantitative estimate of drug-likeness (QED) is 0.483. The van der Waals surface area contributed by atoms with Gasteiger partial charge >= 0.3 is 21.4 Å². The molecule has 0 saturated heterocycles. The van der Waals surface area contributed by atoms with Crippen molar-refractivity contribution in [1.82, 2.24) is 4.98 Å². The lowest BCUT2D eigenvalue weighted by atomic mass is 10.1. The largest absolute Gasteiger partial charge is 0.496 e. The van der Waals surface area contributed by atoms with E-state index in [1.54, 1.807) is 0 Å². The minimum absolute atomic E-state index is 0.0155. The number of aromatic nitrogens is 1. The van der Waals surface area contributed by atoms with Crippen molar-refractivity contribution in [3.05, 3.63) is 29.5 Å². The first-order valence-electron chi connectivity index (χ1n) is 6.60. The fraction of sp³-hybridized carbons (Fsp3) is 0.333. The third kappa shape index (κ3) is 4.25. The second-order valence-electron chi connectivity index (χ2n) is 5.27. The van der Waals surface area contributed by atoms with Crippen LogP contribution in [0.2, 0.25) is 0 Å². The summed E-state index contributed by atoms with van der Waals surface area (Å²) in [6, 6.07) is 1.75. The highest BCUT2D eigenvalue weighted by Crippen LogP contribution is 2.61. The van der Waals surface area contributed by atoms with Gasteiger partial charge in [0, 0.05) is 23.5 Å². The van der Waals surface area contributed by atoms with Crippen molar-refractivity contribution in [2.45, 2.75) is 18.0 Å². The second kappa shape index (κ2) is 6.42. The van der Waals surface area contributed by atoms with E-state index in [0.29, 0.717) is 0 Å². The number of aromatic amines is 1. The summed E-state index contributed by atoms with van der Waals surface area (Å²) in [6.45, 7) is 0. The predicted molar refractivity (Wildman–Crippen MR) is 81.4 cm³/mol. The van der Waals surface area contributed by atoms with Crippen molar-refractivity contribution < 1.29 is 46.6 Å². The SMILES string of the molecule is COc1cc2c(CC(P(=O)(O)O)P(=O)(O)O)c[nH]c2cc1C(F)(F)F. The normalized spacial score (nSPS) is 13.6. The average molecular weight is 403 g/mol. The van der Waals surface area contributed by atoms with Gasteiger partial charge in [-0.25, -0.2) is 0 Å². The van der Waals surface area contributed by atoms with Crippen LogP contribution in [0.3, 0.4) is 0 Å². The molecule has 25 heavy (non-hydrogen) atoms. The van der Waals surface area contributed by atoms with Crippen molar-refractivity contribution >= 4 is 26.1 Å². The number of rotatable bonds is 5. The first-order chi connectivity index (χ1) is 11.2. The molecule has 0 aliphatic rings. The number of hydrogen-bond acceptors (Lipinski definition) is 3. The van der Waals surface area contributed by atoms with Crippen LogP contribution in [0.5, 0.6) is 5.75 Å². The predicted octanol–water partition coefficient (Wildman–Crippen LogP) is 2.42. The van der Waals surface area contributed by atoms with Gasteiger partial charge < -0.3 is 29.3 Å². The molecule has 0 unspecified atom stereocenters. The lowest BCUT2D eigenvalue weighted by Gasteiger charge is -2.19. The van der Waals surface area contributed by atoms with E-state index in [1.165, 1.54) is 0 Å². The highest BCUT2D eigenvalue weighted by atomic mass is 31.2. The number of benzene rings is 1. The number of ether oxygens (including phenoxy) is 1. The van der Waals surface area contributed by atoms with E-state index in [4.69, 9.17) is 4.74 Å². The van der Waals surface area contributed by atoms with Crippen molar-refractivity contribution in [3.63, 3.8) is 0 Å². The molecule has 0 bridgehead atoms. The van der Waals surface area contributed by atoms with E-state index in [2.05, 4.69) is 4.98 Å². The van der Waals surface area contributed by atoms with Crippen LogP contribution in [0.1, 0.15) is 11.1 Å². The summed E-state index contributed by atoms with van der Waals surface area (Å²) in [5, 5.41) is -2.19. The van der Waals surface area contributed by atoms with Gasteiger partial charge in [-0.05, 0) is 17.7 Å². The molecule has 2 rings (SSSR count). The minimum atomic E-state index is -5.16. The van der Waals surface area contributed by atoms with Crippen LogP contribution < -0.4 is 4.74 Å². The number of halogens is 3. The fourth-order valence-electron chi connectivity index (χ4n) is 2.40. The van der Waals surface area contributed by atoms with Crippen molar-refractivity contribution in [2.24, 2.45) is 0 Å². The summed E-state index contributed by atoms with van der Waals surface area (Å²) in [4.78, 5) is 39.2. The van der Waals surface area contributed by atoms with Gasteiger partial charge in [0.15, 0.2) is 5.40 Å². The number of fused-ring (bicyclic) bond motifs is 1. The maximum Gasteiger partial charge on any atom is 0.420 e. The molecule has 5 N–H and O–H groups in total. The zero-order valence-electron chi connectivity index (χ0n) is 12.6. The molecule has 0 spiro atoms. The Balaban J connectivity index is 2.58. The first-order valence-corrected chi connectivity index (χ1v) is 9.97. The fourth-order valence-corrected chi connectivity index (χ4v) is 4.83. The van der Waals surface area contributed by atoms with Gasteiger partial charge in [0.25, 0.3) is 0 Å². The summed E-state index contributed by atoms with van der Waals surface area (Å²) in [5.41, 5.74) is -1.03. The van der Waals surface area contributed by atoms with Gasteiger partial charge in [-0.15, -0.1) is 0 Å². The van der Waals surface area contributed by atoms with Crippen molar-refractivity contribution in [3.8, 4) is 5.75 Å². The lowest BCUT2D eigenvalue weighted by Crippen LogP contribution is -2.12. The molecule has 0 radical (unpaired) electrons. The lowest BCUT2D eigenvalue weighted by molar-refractivity contribution is -0.138. The molecular formula is C12H14F3NO7P2. The second-order valence-corrected chi connectivity index (χ2v) is 9.28. The Morgan fingerprint density at radius 3 is 2.16 bits per heavy atom. The van der Waals surface area contributed by atoms with Gasteiger partial charge in [-0.1, -0.05) is 0 Å². The van der Waals surface area contributed by atoms with Gasteiger partial charge in [-0.2, -0.15) is 13.2 Å². The van der Waals surface area contributed by atoms with Gasteiger partial charge in [-0.3, -0.25) is 9.13 Å². The van der Waals surface area contributed by atoms with Crippen molar-refractivity contribution in [1.29, 1.82) is 0 Å². The minimum Gasteiger partial charge on any atom is -0.496 e. The van der Waals surface area contributed by atoms with Crippen LogP contribution >= 0.6 is 15.2 Å². The molecule has 140 valence electrons. The maximum atomic E-state index is 13.0. The van der Waals surface area contributed by atoms with Gasteiger partial charge in [0.05, 0.1) is 12.7 Å². The zero-order valence-corrected chi connectivity index (χ0v) is 14.3. The van der Waals surface area contributed by atoms with Crippen LogP contribution in [0, 0.1) is 0 Å². The van der Waals surface area contributed by atoms with E-state index in [-0.39, 0.29) is 16.5 Å². The third-order valence-electron chi connectivity index (χ3n) is 3.57. The Kier molecular flexibility index (Phi) is 5.13. The molecule has 0 atom stereocenters. The number of methoxy groups -OCH3 is 1. The number of hydrogen-bond donors (Lipinski definition) is 5. The van der Waals surface area contributed by atoms with Crippen molar-refractivity contribution in [2.75, 3.05) is 7.11 Å². The van der Waals surface area contributed by atoms with Crippen LogP contribution in [0.25, 0.3) is 10.9 Å². The molecule has 1 aromatic heterocycles. The maximum absolute atomic E-state index is 13.0. The first kappa shape index (κ1) is 20.0. The summed E-state index contributed by atoms with van der Waals surface area (Å²) < 4.78 is 66.4. The number of nitrogens with one attached hydrogen (secondary N) is 1. The van der Waals surface area contributed by atoms with Gasteiger partial charge in [0.1, 0.15) is 5.75 Å². The third-order valence-corrected chi connectivity index (χ3v) is 7.30. The van der Waals surface area contributed by atoms with E-state index in [1.807, 2.05) is 0 Å². The highest BCUT2D eigenvalue weighted by Gasteiger charge is 2.43. The Hall–Kier alpha value is -1.35. The van der Waals surface area contributed by atoms with E-state index in [0.717, 1.165) is 25.4 Å². The molecule has 0 aliphatic heterocycles. The highest BCUT2D eigenvalue weighted by molar-refractivity contribution is 7.70. The molecule has 2 aromatic rings. The summed E-state index contributed by atoms with van der Waals surface area (Å²) in [5.74, 6) is -0.523. The van der Waals surface area contributed by atoms with E-state index >= 15 is 0 Å². The standard InChI is InChI=1S/C12H14F3NO7P2/c1-23-10-3-7-6(2-11(24(17,18)19)25(20,21)22)5-16-9(7)4-8(10)12(13,14)15/h3-5,11,16H,2H2,1H3,(H2,17,18,19)(H2,20,21,22).